The van der Waals surface area contributed by atoms with E-state index in [1.807, 2.05) is 18.2 Å². The first-order valence-electron chi connectivity index (χ1n) is 8.15. The minimum Gasteiger partial charge on any atom is -0.507 e. The molecule has 4 rings (SSSR count). The average molecular weight is 348 g/mol. The molecule has 0 saturated carbocycles. The Morgan fingerprint density at radius 3 is 2.77 bits per heavy atom. The van der Waals surface area contributed by atoms with E-state index >= 15 is 0 Å². The highest BCUT2D eigenvalue weighted by Gasteiger charge is 2.27. The standard InChI is InChI=1S/C19H16N4O3/c24-17-8-4-2-6-12(17)15-9-16(23-22-15)19(26)21-14-10-18(25)20-13-7-3-1-5-11(13)14/h1-9,14,24H,10H2,(H,20,25)(H,21,26)(H,22,23)/t14-/m1/s1. The van der Waals surface area contributed by atoms with E-state index in [1.54, 1.807) is 36.4 Å². The highest BCUT2D eigenvalue weighted by Crippen LogP contribution is 2.31. The van der Waals surface area contributed by atoms with E-state index in [-0.39, 0.29) is 29.7 Å². The van der Waals surface area contributed by atoms with E-state index in [0.717, 1.165) is 5.56 Å². The second kappa shape index (κ2) is 6.36. The first kappa shape index (κ1) is 15.9. The molecule has 2 heterocycles. The Labute approximate surface area is 149 Å². The lowest BCUT2D eigenvalue weighted by atomic mass is 9.97. The molecule has 0 unspecified atom stereocenters. The third-order valence-corrected chi connectivity index (χ3v) is 4.31. The number of hydrogen-bond acceptors (Lipinski definition) is 4. The molecule has 4 N–H and O–H groups in total. The Morgan fingerprint density at radius 2 is 1.92 bits per heavy atom. The number of fused-ring (bicyclic) bond motifs is 1. The SMILES string of the molecule is O=C1C[C@@H](NC(=O)c2cc(-c3ccccc3O)n[nH]2)c2ccccc2N1. The molecule has 0 radical (unpaired) electrons. The molecule has 1 aliphatic rings. The van der Waals surface area contributed by atoms with Crippen molar-refractivity contribution in [2.45, 2.75) is 12.5 Å². The maximum atomic E-state index is 12.6. The second-order valence-corrected chi connectivity index (χ2v) is 6.05. The fourth-order valence-corrected chi connectivity index (χ4v) is 3.04. The number of carbonyl (C=O) groups excluding carboxylic acids is 2. The van der Waals surface area contributed by atoms with Crippen molar-refractivity contribution in [3.8, 4) is 17.0 Å². The summed E-state index contributed by atoms with van der Waals surface area (Å²) in [7, 11) is 0. The van der Waals surface area contributed by atoms with Crippen LogP contribution < -0.4 is 10.6 Å². The lowest BCUT2D eigenvalue weighted by Gasteiger charge is -2.26. The van der Waals surface area contributed by atoms with Crippen molar-refractivity contribution in [1.82, 2.24) is 15.5 Å². The number of para-hydroxylation sites is 2. The van der Waals surface area contributed by atoms with Gasteiger partial charge in [0.15, 0.2) is 0 Å². The minimum absolute atomic E-state index is 0.0869. The van der Waals surface area contributed by atoms with Crippen LogP contribution in [0.1, 0.15) is 28.5 Å². The van der Waals surface area contributed by atoms with E-state index < -0.39 is 6.04 Å². The van der Waals surface area contributed by atoms with Gasteiger partial charge in [0.05, 0.1) is 18.2 Å². The molecule has 0 bridgehead atoms. The number of aromatic hydroxyl groups is 1. The van der Waals surface area contributed by atoms with Gasteiger partial charge >= 0.3 is 0 Å². The average Bonchev–Trinajstić information content (AvgIpc) is 3.12. The maximum Gasteiger partial charge on any atom is 0.269 e. The van der Waals surface area contributed by atoms with Crippen LogP contribution in [0, 0.1) is 0 Å². The molecule has 7 nitrogen and oxygen atoms in total. The molecule has 0 spiro atoms. The number of amides is 2. The van der Waals surface area contributed by atoms with E-state index in [2.05, 4.69) is 20.8 Å². The summed E-state index contributed by atoms with van der Waals surface area (Å²) in [4.78, 5) is 24.5. The van der Waals surface area contributed by atoms with Gasteiger partial charge in [0.1, 0.15) is 11.4 Å². The lowest BCUT2D eigenvalue weighted by molar-refractivity contribution is -0.116. The Balaban J connectivity index is 1.57. The zero-order chi connectivity index (χ0) is 18.1. The fourth-order valence-electron chi connectivity index (χ4n) is 3.04. The van der Waals surface area contributed by atoms with Crippen LogP contribution in [0.4, 0.5) is 5.69 Å². The van der Waals surface area contributed by atoms with Crippen LogP contribution in [-0.4, -0.2) is 27.1 Å². The van der Waals surface area contributed by atoms with E-state index in [4.69, 9.17) is 0 Å². The highest BCUT2D eigenvalue weighted by atomic mass is 16.3. The van der Waals surface area contributed by atoms with Gasteiger partial charge in [-0.05, 0) is 29.8 Å². The molecule has 0 saturated heterocycles. The summed E-state index contributed by atoms with van der Waals surface area (Å²) in [5, 5.41) is 22.4. The molecular formula is C19H16N4O3. The van der Waals surface area contributed by atoms with Gasteiger partial charge in [-0.3, -0.25) is 14.7 Å². The van der Waals surface area contributed by atoms with Crippen molar-refractivity contribution in [3.63, 3.8) is 0 Å². The van der Waals surface area contributed by atoms with Crippen molar-refractivity contribution in [1.29, 1.82) is 0 Å². The van der Waals surface area contributed by atoms with Crippen LogP contribution in [0.5, 0.6) is 5.75 Å². The lowest BCUT2D eigenvalue weighted by Crippen LogP contribution is -2.35. The molecule has 0 aliphatic carbocycles. The normalized spacial score (nSPS) is 15.8. The van der Waals surface area contributed by atoms with Crippen molar-refractivity contribution in [3.05, 3.63) is 65.9 Å². The summed E-state index contributed by atoms with van der Waals surface area (Å²) in [6.07, 6.45) is 0.170. The third kappa shape index (κ3) is 2.90. The number of carbonyl (C=O) groups is 2. The van der Waals surface area contributed by atoms with Gasteiger partial charge in [0.2, 0.25) is 5.91 Å². The number of H-pyrrole nitrogens is 1. The van der Waals surface area contributed by atoms with Gasteiger partial charge in [0.25, 0.3) is 5.91 Å². The molecule has 2 aromatic carbocycles. The Kier molecular flexibility index (Phi) is 3.89. The Bertz CT molecular complexity index is 996. The number of nitrogens with one attached hydrogen (secondary N) is 3. The summed E-state index contributed by atoms with van der Waals surface area (Å²) in [5.41, 5.74) is 2.82. The van der Waals surface area contributed by atoms with Crippen molar-refractivity contribution < 1.29 is 14.7 Å². The summed E-state index contributed by atoms with van der Waals surface area (Å²) < 4.78 is 0. The first-order chi connectivity index (χ1) is 12.6. The fraction of sp³-hybridized carbons (Fsp3) is 0.105. The van der Waals surface area contributed by atoms with Crippen LogP contribution in [0.25, 0.3) is 11.3 Å². The molecule has 26 heavy (non-hydrogen) atoms. The van der Waals surface area contributed by atoms with Gasteiger partial charge in [-0.25, -0.2) is 0 Å². The largest absolute Gasteiger partial charge is 0.507 e. The van der Waals surface area contributed by atoms with Gasteiger partial charge in [-0.15, -0.1) is 0 Å². The van der Waals surface area contributed by atoms with Gasteiger partial charge in [-0.1, -0.05) is 30.3 Å². The van der Waals surface area contributed by atoms with Crippen LogP contribution in [-0.2, 0) is 4.79 Å². The third-order valence-electron chi connectivity index (χ3n) is 4.31. The summed E-state index contributed by atoms with van der Waals surface area (Å²) in [6.45, 7) is 0. The number of aromatic nitrogens is 2. The molecule has 0 fully saturated rings. The van der Waals surface area contributed by atoms with Gasteiger partial charge in [0, 0.05) is 11.3 Å². The van der Waals surface area contributed by atoms with E-state index in [1.165, 1.54) is 0 Å². The zero-order valence-electron chi connectivity index (χ0n) is 13.7. The summed E-state index contributed by atoms with van der Waals surface area (Å²) >= 11 is 0. The number of hydrogen-bond donors (Lipinski definition) is 4. The van der Waals surface area contributed by atoms with E-state index in [0.29, 0.717) is 16.9 Å². The topological polar surface area (TPSA) is 107 Å². The number of nitrogens with zero attached hydrogens (tertiary/aromatic N) is 1. The molecular weight excluding hydrogens is 332 g/mol. The number of phenolic OH excluding ortho intramolecular Hbond substituents is 1. The molecule has 3 aromatic rings. The van der Waals surface area contributed by atoms with Crippen LogP contribution in [0.2, 0.25) is 0 Å². The number of rotatable bonds is 3. The summed E-state index contributed by atoms with van der Waals surface area (Å²) in [5.74, 6) is -0.425. The minimum atomic E-state index is -0.413. The highest BCUT2D eigenvalue weighted by molar-refractivity contribution is 5.97. The van der Waals surface area contributed by atoms with Crippen LogP contribution >= 0.6 is 0 Å². The second-order valence-electron chi connectivity index (χ2n) is 6.05. The molecule has 1 aromatic heterocycles. The van der Waals surface area contributed by atoms with Gasteiger partial charge < -0.3 is 15.7 Å². The maximum absolute atomic E-state index is 12.6. The number of benzene rings is 2. The first-order valence-corrected chi connectivity index (χ1v) is 8.15. The predicted octanol–water partition coefficient (Wildman–Crippen LogP) is 2.60. The van der Waals surface area contributed by atoms with Crippen molar-refractivity contribution in [2.75, 3.05) is 5.32 Å². The number of phenols is 1. The smallest absolute Gasteiger partial charge is 0.269 e. The van der Waals surface area contributed by atoms with Gasteiger partial charge in [-0.2, -0.15) is 5.10 Å². The molecule has 7 heteroatoms. The zero-order valence-corrected chi connectivity index (χ0v) is 13.7. The Hall–Kier alpha value is -3.61. The Morgan fingerprint density at radius 1 is 1.15 bits per heavy atom. The molecule has 1 atom stereocenters. The van der Waals surface area contributed by atoms with Crippen molar-refractivity contribution in [2.24, 2.45) is 0 Å². The number of anilines is 1. The quantitative estimate of drug-likeness (QED) is 0.583. The monoisotopic (exact) mass is 348 g/mol. The molecule has 2 amide bonds. The van der Waals surface area contributed by atoms with Crippen LogP contribution in [0.3, 0.4) is 0 Å². The molecule has 130 valence electrons. The van der Waals surface area contributed by atoms with E-state index in [9.17, 15) is 14.7 Å². The van der Waals surface area contributed by atoms with Crippen LogP contribution in [0.15, 0.2) is 54.6 Å². The van der Waals surface area contributed by atoms with Crippen molar-refractivity contribution >= 4 is 17.5 Å². The molecule has 1 aliphatic heterocycles. The predicted molar refractivity (Wildman–Crippen MR) is 95.6 cm³/mol. The number of aromatic amines is 1. The summed E-state index contributed by atoms with van der Waals surface area (Å²) in [6, 6.07) is 15.3.